The maximum Gasteiger partial charge on any atom is 0.241 e. The fraction of sp³-hybridized carbons (Fsp3) is 0.227. The molecule has 0 aliphatic rings. The van der Waals surface area contributed by atoms with E-state index in [0.717, 1.165) is 27.6 Å². The van der Waals surface area contributed by atoms with Crippen molar-refractivity contribution >= 4 is 20.9 Å². The Morgan fingerprint density at radius 2 is 1.79 bits per heavy atom. The molecule has 6 heteroatoms. The number of nitrogens with one attached hydrogen (secondary N) is 1. The van der Waals surface area contributed by atoms with E-state index >= 15 is 0 Å². The summed E-state index contributed by atoms with van der Waals surface area (Å²) in [4.78, 5) is 4.60. The molecule has 0 unspecified atom stereocenters. The first-order valence-electron chi connectivity index (χ1n) is 8.87. The van der Waals surface area contributed by atoms with Crippen LogP contribution in [0.1, 0.15) is 16.7 Å². The van der Waals surface area contributed by atoms with E-state index in [0.29, 0.717) is 10.6 Å². The van der Waals surface area contributed by atoms with Crippen molar-refractivity contribution in [1.82, 2.24) is 9.71 Å². The van der Waals surface area contributed by atoms with Gasteiger partial charge in [-0.2, -0.15) is 4.72 Å². The fourth-order valence-electron chi connectivity index (χ4n) is 3.16. The Hall–Kier alpha value is -2.88. The van der Waals surface area contributed by atoms with E-state index in [1.165, 1.54) is 0 Å². The van der Waals surface area contributed by atoms with Crippen LogP contribution in [-0.2, 0) is 10.0 Å². The van der Waals surface area contributed by atoms with Gasteiger partial charge in [-0.25, -0.2) is 8.42 Å². The number of sulfonamides is 1. The molecule has 144 valence electrons. The first kappa shape index (κ1) is 19.9. The van der Waals surface area contributed by atoms with E-state index in [4.69, 9.17) is 4.74 Å². The number of hydrogen-bond donors (Lipinski definition) is 1. The van der Waals surface area contributed by atoms with Crippen LogP contribution >= 0.6 is 0 Å². The summed E-state index contributed by atoms with van der Waals surface area (Å²) in [5.74, 6) is 6.29. The lowest BCUT2D eigenvalue weighted by Crippen LogP contribution is -2.25. The first-order valence-corrected chi connectivity index (χ1v) is 10.4. The largest absolute Gasteiger partial charge is 0.481 e. The van der Waals surface area contributed by atoms with Gasteiger partial charge in [-0.3, -0.25) is 4.98 Å². The normalized spacial score (nSPS) is 11.1. The molecule has 5 nitrogen and oxygen atoms in total. The second-order valence-corrected chi connectivity index (χ2v) is 8.26. The Balaban J connectivity index is 1.57. The van der Waals surface area contributed by atoms with Crippen molar-refractivity contribution in [1.29, 1.82) is 0 Å². The Bertz CT molecular complexity index is 1150. The standard InChI is InChI=1S/C22H22N2O3S/c1-16-13-17(2)22(18(3)14-16)28(25,26)24-11-4-5-12-27-20-9-8-19-7-6-10-23-21(19)15-20/h6-10,13-15,24H,11-12H2,1-3H3. The minimum Gasteiger partial charge on any atom is -0.481 e. The number of benzene rings is 2. The van der Waals surface area contributed by atoms with Crippen LogP contribution in [0.3, 0.4) is 0 Å². The Kier molecular flexibility index (Phi) is 5.98. The van der Waals surface area contributed by atoms with Crippen molar-refractivity contribution < 1.29 is 13.2 Å². The summed E-state index contributed by atoms with van der Waals surface area (Å²) in [5, 5.41) is 1.04. The molecule has 0 atom stereocenters. The lowest BCUT2D eigenvalue weighted by molar-refractivity contribution is 0.370. The summed E-state index contributed by atoms with van der Waals surface area (Å²) in [5.41, 5.74) is 3.34. The van der Waals surface area contributed by atoms with Gasteiger partial charge >= 0.3 is 0 Å². The average Bonchev–Trinajstić information content (AvgIpc) is 2.63. The molecular formula is C22H22N2O3S. The van der Waals surface area contributed by atoms with Crippen molar-refractivity contribution in [3.05, 3.63) is 65.4 Å². The molecule has 3 rings (SSSR count). The molecule has 0 saturated heterocycles. The van der Waals surface area contributed by atoms with Crippen LogP contribution in [-0.4, -0.2) is 26.6 Å². The van der Waals surface area contributed by atoms with Crippen LogP contribution in [0.4, 0.5) is 0 Å². The molecule has 3 aromatic rings. The molecule has 0 bridgehead atoms. The van der Waals surface area contributed by atoms with E-state index in [2.05, 4.69) is 21.5 Å². The highest BCUT2D eigenvalue weighted by atomic mass is 32.2. The van der Waals surface area contributed by atoms with E-state index in [-0.39, 0.29) is 13.2 Å². The van der Waals surface area contributed by atoms with Gasteiger partial charge in [0.1, 0.15) is 12.4 Å². The minimum absolute atomic E-state index is 0.0255. The quantitative estimate of drug-likeness (QED) is 0.673. The second kappa shape index (κ2) is 8.42. The van der Waals surface area contributed by atoms with E-state index in [1.807, 2.05) is 49.4 Å². The summed E-state index contributed by atoms with van der Waals surface area (Å²) in [6.45, 7) is 5.74. The Morgan fingerprint density at radius 3 is 2.54 bits per heavy atom. The molecule has 0 saturated carbocycles. The number of nitrogens with zero attached hydrogens (tertiary/aromatic N) is 1. The molecule has 0 amide bonds. The van der Waals surface area contributed by atoms with Crippen molar-refractivity contribution in [2.75, 3.05) is 13.2 Å². The molecule has 0 fully saturated rings. The fourth-order valence-corrected chi connectivity index (χ4v) is 4.54. The molecule has 0 spiro atoms. The highest BCUT2D eigenvalue weighted by Crippen LogP contribution is 2.21. The van der Waals surface area contributed by atoms with Crippen molar-refractivity contribution in [2.45, 2.75) is 25.7 Å². The zero-order valence-electron chi connectivity index (χ0n) is 16.1. The number of hydrogen-bond acceptors (Lipinski definition) is 4. The molecule has 1 heterocycles. The zero-order valence-corrected chi connectivity index (χ0v) is 16.9. The van der Waals surface area contributed by atoms with Crippen LogP contribution < -0.4 is 9.46 Å². The van der Waals surface area contributed by atoms with Crippen LogP contribution in [0.2, 0.25) is 0 Å². The summed E-state index contributed by atoms with van der Waals surface area (Å²) in [6.07, 6.45) is 1.73. The van der Waals surface area contributed by atoms with Gasteiger partial charge in [-0.15, -0.1) is 0 Å². The number of pyridine rings is 1. The maximum absolute atomic E-state index is 12.5. The monoisotopic (exact) mass is 394 g/mol. The summed E-state index contributed by atoms with van der Waals surface area (Å²) >= 11 is 0. The number of aromatic nitrogens is 1. The SMILES string of the molecule is Cc1cc(C)c(S(=O)(=O)NCC#CCOc2ccc3cccnc3c2)c(C)c1. The number of fused-ring (bicyclic) bond motifs is 1. The Morgan fingerprint density at radius 1 is 1.04 bits per heavy atom. The molecule has 2 aromatic carbocycles. The predicted octanol–water partition coefficient (Wildman–Crippen LogP) is 3.52. The van der Waals surface area contributed by atoms with Crippen LogP contribution in [0.5, 0.6) is 5.75 Å². The molecule has 1 aromatic heterocycles. The van der Waals surface area contributed by atoms with E-state index in [9.17, 15) is 8.42 Å². The lowest BCUT2D eigenvalue weighted by Gasteiger charge is -2.11. The number of ether oxygens (including phenoxy) is 1. The van der Waals surface area contributed by atoms with Crippen molar-refractivity contribution in [3.8, 4) is 17.6 Å². The highest BCUT2D eigenvalue weighted by molar-refractivity contribution is 7.89. The van der Waals surface area contributed by atoms with Gasteiger partial charge in [0, 0.05) is 17.6 Å². The van der Waals surface area contributed by atoms with Crippen molar-refractivity contribution in [3.63, 3.8) is 0 Å². The van der Waals surface area contributed by atoms with Gasteiger partial charge in [0.2, 0.25) is 10.0 Å². The third kappa shape index (κ3) is 4.69. The lowest BCUT2D eigenvalue weighted by atomic mass is 10.1. The highest BCUT2D eigenvalue weighted by Gasteiger charge is 2.18. The van der Waals surface area contributed by atoms with Crippen molar-refractivity contribution in [2.24, 2.45) is 0 Å². The van der Waals surface area contributed by atoms with Gasteiger partial charge in [0.15, 0.2) is 0 Å². The van der Waals surface area contributed by atoms with Gasteiger partial charge in [-0.05, 0) is 50.1 Å². The topological polar surface area (TPSA) is 68.3 Å². The summed E-state index contributed by atoms with van der Waals surface area (Å²) in [7, 11) is -3.60. The smallest absolute Gasteiger partial charge is 0.241 e. The molecule has 0 aliphatic carbocycles. The molecule has 0 radical (unpaired) electrons. The van der Waals surface area contributed by atoms with Crippen LogP contribution in [0.25, 0.3) is 10.9 Å². The Labute approximate surface area is 165 Å². The van der Waals surface area contributed by atoms with E-state index < -0.39 is 10.0 Å². The van der Waals surface area contributed by atoms with Gasteiger partial charge in [-0.1, -0.05) is 35.6 Å². The summed E-state index contributed by atoms with van der Waals surface area (Å²) < 4.78 is 33.2. The van der Waals surface area contributed by atoms with Gasteiger partial charge < -0.3 is 4.74 Å². The number of rotatable bonds is 5. The third-order valence-corrected chi connectivity index (χ3v) is 5.94. The molecule has 28 heavy (non-hydrogen) atoms. The average molecular weight is 394 g/mol. The van der Waals surface area contributed by atoms with Crippen LogP contribution in [0, 0.1) is 32.6 Å². The zero-order chi connectivity index (χ0) is 20.1. The van der Waals surface area contributed by atoms with Gasteiger partial charge in [0.25, 0.3) is 0 Å². The molecule has 0 aliphatic heterocycles. The van der Waals surface area contributed by atoms with E-state index in [1.54, 1.807) is 20.0 Å². The number of aryl methyl sites for hydroxylation is 3. The summed E-state index contributed by atoms with van der Waals surface area (Å²) in [6, 6.07) is 13.2. The van der Waals surface area contributed by atoms with Crippen LogP contribution in [0.15, 0.2) is 53.6 Å². The maximum atomic E-state index is 12.5. The van der Waals surface area contributed by atoms with Gasteiger partial charge in [0.05, 0.1) is 17.0 Å². The minimum atomic E-state index is -3.60. The second-order valence-electron chi connectivity index (χ2n) is 6.55. The third-order valence-electron chi connectivity index (χ3n) is 4.24. The molecule has 1 N–H and O–H groups in total. The predicted molar refractivity (Wildman–Crippen MR) is 111 cm³/mol. The first-order chi connectivity index (χ1) is 13.4. The molecular weight excluding hydrogens is 372 g/mol.